The quantitative estimate of drug-likeness (QED) is 0.447. The van der Waals surface area contributed by atoms with Gasteiger partial charge < -0.3 is 10.1 Å². The molecule has 4 aromatic rings. The van der Waals surface area contributed by atoms with Crippen LogP contribution in [0.1, 0.15) is 24.5 Å². The number of benzene rings is 3. The number of aromatic nitrogens is 4. The molecule has 0 aliphatic rings. The number of hydrogen-bond donors (Lipinski definition) is 1. The average Bonchev–Trinajstić information content (AvgIpc) is 3.26. The summed E-state index contributed by atoms with van der Waals surface area (Å²) < 4.78 is 7.45. The third kappa shape index (κ3) is 5.30. The standard InChI is InChI=1S/C24H25N5O/c1-19(12-13-20-8-4-2-5-9-20)25-18-21-14-16-23(17-15-21)30-24-26-27-28-29(24)22-10-6-3-7-11-22/h2-11,14-17,19,25H,12-13,18H2,1H3/t19-/m0/s1. The number of ether oxygens (including phenoxy) is 1. The van der Waals surface area contributed by atoms with Crippen LogP contribution in [0.2, 0.25) is 0 Å². The molecule has 6 heteroatoms. The van der Waals surface area contributed by atoms with Crippen LogP contribution < -0.4 is 10.1 Å². The van der Waals surface area contributed by atoms with Crippen molar-refractivity contribution in [1.82, 2.24) is 25.5 Å². The highest BCUT2D eigenvalue weighted by Crippen LogP contribution is 2.21. The van der Waals surface area contributed by atoms with Gasteiger partial charge in [-0.05, 0) is 65.6 Å². The molecule has 1 atom stereocenters. The highest BCUT2D eigenvalue weighted by molar-refractivity contribution is 5.34. The normalized spacial score (nSPS) is 11.9. The number of hydrogen-bond acceptors (Lipinski definition) is 5. The van der Waals surface area contributed by atoms with Crippen molar-refractivity contribution in [2.45, 2.75) is 32.4 Å². The van der Waals surface area contributed by atoms with E-state index in [0.717, 1.165) is 25.1 Å². The Bertz CT molecular complexity index is 1030. The molecule has 6 nitrogen and oxygen atoms in total. The van der Waals surface area contributed by atoms with Gasteiger partial charge in [-0.2, -0.15) is 4.68 Å². The molecule has 0 fully saturated rings. The van der Waals surface area contributed by atoms with Gasteiger partial charge in [0.05, 0.1) is 5.69 Å². The first kappa shape index (κ1) is 19.8. The maximum absolute atomic E-state index is 5.88. The second-order valence-electron chi connectivity index (χ2n) is 7.26. The van der Waals surface area contributed by atoms with Crippen molar-refractivity contribution >= 4 is 0 Å². The zero-order valence-corrected chi connectivity index (χ0v) is 17.0. The molecule has 0 saturated heterocycles. The molecular formula is C24H25N5O. The van der Waals surface area contributed by atoms with Gasteiger partial charge in [-0.15, -0.1) is 0 Å². The van der Waals surface area contributed by atoms with Gasteiger partial charge >= 0.3 is 6.01 Å². The van der Waals surface area contributed by atoms with Crippen molar-refractivity contribution in [2.75, 3.05) is 0 Å². The van der Waals surface area contributed by atoms with Gasteiger partial charge in [-0.1, -0.05) is 65.8 Å². The van der Waals surface area contributed by atoms with Crippen molar-refractivity contribution in [1.29, 1.82) is 0 Å². The SMILES string of the molecule is C[C@@H](CCc1ccccc1)NCc1ccc(Oc2nnnn2-c2ccccc2)cc1. The molecule has 152 valence electrons. The van der Waals surface area contributed by atoms with Gasteiger partial charge in [0.1, 0.15) is 5.75 Å². The van der Waals surface area contributed by atoms with E-state index in [1.807, 2.05) is 42.5 Å². The molecule has 0 aliphatic heterocycles. The summed E-state index contributed by atoms with van der Waals surface area (Å²) in [7, 11) is 0. The summed E-state index contributed by atoms with van der Waals surface area (Å²) in [6.45, 7) is 3.04. The van der Waals surface area contributed by atoms with Gasteiger partial charge in [0, 0.05) is 12.6 Å². The maximum Gasteiger partial charge on any atom is 0.345 e. The molecule has 1 aromatic heterocycles. The fourth-order valence-electron chi connectivity index (χ4n) is 3.18. The monoisotopic (exact) mass is 399 g/mol. The van der Waals surface area contributed by atoms with Gasteiger partial charge in [0.15, 0.2) is 0 Å². The Morgan fingerprint density at radius 2 is 1.57 bits per heavy atom. The van der Waals surface area contributed by atoms with E-state index in [1.54, 1.807) is 4.68 Å². The molecule has 0 spiro atoms. The Morgan fingerprint density at radius 3 is 2.30 bits per heavy atom. The zero-order valence-electron chi connectivity index (χ0n) is 17.0. The second-order valence-corrected chi connectivity index (χ2v) is 7.26. The Morgan fingerprint density at radius 1 is 0.867 bits per heavy atom. The highest BCUT2D eigenvalue weighted by Gasteiger charge is 2.10. The van der Waals surface area contributed by atoms with Gasteiger partial charge in [-0.25, -0.2) is 0 Å². The number of aryl methyl sites for hydroxylation is 1. The first-order valence-corrected chi connectivity index (χ1v) is 10.2. The van der Waals surface area contributed by atoms with Crippen LogP contribution in [-0.4, -0.2) is 26.2 Å². The Kier molecular flexibility index (Phi) is 6.47. The zero-order chi connectivity index (χ0) is 20.6. The lowest BCUT2D eigenvalue weighted by atomic mass is 10.1. The second kappa shape index (κ2) is 9.80. The van der Waals surface area contributed by atoms with E-state index < -0.39 is 0 Å². The Balaban J connectivity index is 1.29. The fraction of sp³-hybridized carbons (Fsp3) is 0.208. The first-order valence-electron chi connectivity index (χ1n) is 10.2. The largest absolute Gasteiger partial charge is 0.423 e. The van der Waals surface area contributed by atoms with Crippen molar-refractivity contribution in [3.8, 4) is 17.4 Å². The number of rotatable bonds is 9. The topological polar surface area (TPSA) is 64.9 Å². The molecule has 0 saturated carbocycles. The van der Waals surface area contributed by atoms with Gasteiger partial charge in [0.2, 0.25) is 0 Å². The summed E-state index contributed by atoms with van der Waals surface area (Å²) in [5.41, 5.74) is 3.44. The lowest BCUT2D eigenvalue weighted by molar-refractivity contribution is 0.427. The lowest BCUT2D eigenvalue weighted by Crippen LogP contribution is -2.25. The number of nitrogens with one attached hydrogen (secondary N) is 1. The van der Waals surface area contributed by atoms with Crippen molar-refractivity contribution < 1.29 is 4.74 Å². The van der Waals surface area contributed by atoms with Crippen molar-refractivity contribution in [2.24, 2.45) is 0 Å². The molecule has 0 unspecified atom stereocenters. The van der Waals surface area contributed by atoms with Crippen LogP contribution in [0.25, 0.3) is 5.69 Å². The molecular weight excluding hydrogens is 374 g/mol. The predicted molar refractivity (Wildman–Crippen MR) is 117 cm³/mol. The van der Waals surface area contributed by atoms with Crippen LogP contribution in [0, 0.1) is 0 Å². The van der Waals surface area contributed by atoms with E-state index in [2.05, 4.69) is 70.2 Å². The highest BCUT2D eigenvalue weighted by atomic mass is 16.5. The molecule has 0 amide bonds. The fourth-order valence-corrected chi connectivity index (χ4v) is 3.18. The summed E-state index contributed by atoms with van der Waals surface area (Å²) in [5, 5.41) is 15.3. The minimum Gasteiger partial charge on any atom is -0.423 e. The Hall–Kier alpha value is -3.51. The number of para-hydroxylation sites is 1. The summed E-state index contributed by atoms with van der Waals surface area (Å²) in [5.74, 6) is 0.697. The minimum absolute atomic E-state index is 0.335. The molecule has 0 radical (unpaired) electrons. The maximum atomic E-state index is 5.88. The first-order chi connectivity index (χ1) is 14.8. The predicted octanol–water partition coefficient (Wildman–Crippen LogP) is 4.57. The van der Waals surface area contributed by atoms with Crippen LogP contribution in [0.5, 0.6) is 11.8 Å². The van der Waals surface area contributed by atoms with E-state index in [9.17, 15) is 0 Å². The van der Waals surface area contributed by atoms with Crippen LogP contribution in [0.4, 0.5) is 0 Å². The summed E-state index contributed by atoms with van der Waals surface area (Å²) in [6, 6.07) is 29.0. The minimum atomic E-state index is 0.335. The number of nitrogens with zero attached hydrogens (tertiary/aromatic N) is 4. The molecule has 3 aromatic carbocycles. The van der Waals surface area contributed by atoms with Gasteiger partial charge in [0.25, 0.3) is 0 Å². The molecule has 4 rings (SSSR count). The van der Waals surface area contributed by atoms with Crippen LogP contribution in [0.3, 0.4) is 0 Å². The lowest BCUT2D eigenvalue weighted by Gasteiger charge is -2.14. The third-order valence-electron chi connectivity index (χ3n) is 4.94. The van der Waals surface area contributed by atoms with Crippen LogP contribution in [-0.2, 0) is 13.0 Å². The van der Waals surface area contributed by atoms with E-state index in [-0.39, 0.29) is 0 Å². The van der Waals surface area contributed by atoms with Crippen LogP contribution >= 0.6 is 0 Å². The van der Waals surface area contributed by atoms with E-state index in [4.69, 9.17) is 4.74 Å². The van der Waals surface area contributed by atoms with E-state index in [0.29, 0.717) is 17.8 Å². The third-order valence-corrected chi connectivity index (χ3v) is 4.94. The molecule has 1 N–H and O–H groups in total. The Labute approximate surface area is 176 Å². The molecule has 30 heavy (non-hydrogen) atoms. The molecule has 1 heterocycles. The smallest absolute Gasteiger partial charge is 0.345 e. The molecule has 0 bridgehead atoms. The summed E-state index contributed by atoms with van der Waals surface area (Å²) in [4.78, 5) is 0. The number of tetrazole rings is 1. The van der Waals surface area contributed by atoms with Gasteiger partial charge in [-0.3, -0.25) is 0 Å². The molecule has 0 aliphatic carbocycles. The summed E-state index contributed by atoms with van der Waals surface area (Å²) in [6.07, 6.45) is 2.19. The van der Waals surface area contributed by atoms with E-state index in [1.165, 1.54) is 11.1 Å². The van der Waals surface area contributed by atoms with Crippen molar-refractivity contribution in [3.63, 3.8) is 0 Å². The van der Waals surface area contributed by atoms with Crippen LogP contribution in [0.15, 0.2) is 84.9 Å². The van der Waals surface area contributed by atoms with Crippen molar-refractivity contribution in [3.05, 3.63) is 96.1 Å². The van der Waals surface area contributed by atoms with E-state index >= 15 is 0 Å². The summed E-state index contributed by atoms with van der Waals surface area (Å²) >= 11 is 0. The average molecular weight is 399 g/mol.